The molecule has 0 saturated carbocycles. The standard InChI is InChI=1S/C78H81BN2/c1-50-41-71-73-72(42-50)81(68-44-55(31-29-51(68)2)53-25-19-15-20-26-53)69-45-57(59(54-27-21-16-22-28-54)35-30-52-23-17-14-18-24-52)33-37-65(69)79(73)66-47-63-64(76(8,9)40-39-75(63,6)7)48-70(66)80(71)67-38-34-58(74(3,4)5)46-60(67)56-32-36-61-62(43-56)78(12,13)49-77(61,10)11/h14-29,31-34,36-38,41-48,59H,30,35,39-40,49H2,1-13H3. The van der Waals surface area contributed by atoms with Crippen LogP contribution in [0.2, 0.25) is 0 Å². The Morgan fingerprint density at radius 1 is 0.444 bits per heavy atom. The Labute approximate surface area is 485 Å². The zero-order chi connectivity index (χ0) is 56.5. The number of nitrogens with zero attached hydrogens (tertiary/aromatic N) is 2. The lowest BCUT2D eigenvalue weighted by Crippen LogP contribution is -2.62. The summed E-state index contributed by atoms with van der Waals surface area (Å²) in [6.45, 7) is 31.5. The first-order valence-corrected chi connectivity index (χ1v) is 30.2. The first kappa shape index (κ1) is 53.0. The topological polar surface area (TPSA) is 6.48 Å². The van der Waals surface area contributed by atoms with Gasteiger partial charge in [0.2, 0.25) is 0 Å². The Balaban J connectivity index is 1.11. The highest BCUT2D eigenvalue weighted by Gasteiger charge is 2.48. The number of hydrogen-bond donors (Lipinski definition) is 0. The van der Waals surface area contributed by atoms with Gasteiger partial charge >= 0.3 is 0 Å². The smallest absolute Gasteiger partial charge is 0.252 e. The van der Waals surface area contributed by atoms with Gasteiger partial charge in [0.05, 0.1) is 5.69 Å². The van der Waals surface area contributed by atoms with Gasteiger partial charge in [0.15, 0.2) is 0 Å². The van der Waals surface area contributed by atoms with E-state index in [0.29, 0.717) is 0 Å². The molecule has 0 bridgehead atoms. The second kappa shape index (κ2) is 19.1. The summed E-state index contributed by atoms with van der Waals surface area (Å²) in [4.78, 5) is 5.42. The Bertz CT molecular complexity index is 3930. The monoisotopic (exact) mass is 1060 g/mol. The molecule has 13 rings (SSSR count). The number of benzene rings is 9. The lowest BCUT2D eigenvalue weighted by molar-refractivity contribution is 0.332. The van der Waals surface area contributed by atoms with E-state index in [-0.39, 0.29) is 39.7 Å². The highest BCUT2D eigenvalue weighted by Crippen LogP contribution is 2.55. The van der Waals surface area contributed by atoms with Crippen LogP contribution < -0.4 is 26.2 Å². The summed E-state index contributed by atoms with van der Waals surface area (Å²) in [7, 11) is 0. The van der Waals surface area contributed by atoms with E-state index >= 15 is 0 Å². The maximum atomic E-state index is 2.74. The first-order valence-electron chi connectivity index (χ1n) is 30.2. The van der Waals surface area contributed by atoms with Gasteiger partial charge in [-0.15, -0.1) is 0 Å². The SMILES string of the molecule is Cc1cc2c3c(c1)N(c1ccc(C(C)(C)C)cc1-c1ccc4c(c1)C(C)(C)CC4(C)C)c1cc4c(cc1B3c1ccc(C(CCc3ccccc3)c3ccccc3)cc1N2c1cc(-c2ccccc2)ccc1C)C(C)(C)CCC4(C)C. The van der Waals surface area contributed by atoms with Crippen molar-refractivity contribution in [1.82, 2.24) is 0 Å². The minimum atomic E-state index is -0.0520. The molecule has 4 aliphatic rings. The summed E-state index contributed by atoms with van der Waals surface area (Å²) in [5.74, 6) is 0.194. The van der Waals surface area contributed by atoms with Gasteiger partial charge in [-0.05, 0) is 204 Å². The Kier molecular flexibility index (Phi) is 12.5. The van der Waals surface area contributed by atoms with Crippen LogP contribution >= 0.6 is 0 Å². The van der Waals surface area contributed by atoms with Crippen molar-refractivity contribution < 1.29 is 0 Å². The molecule has 2 aliphatic carbocycles. The second-order valence-corrected chi connectivity index (χ2v) is 28.4. The fourth-order valence-electron chi connectivity index (χ4n) is 15.4. The molecule has 9 aromatic carbocycles. The van der Waals surface area contributed by atoms with Gasteiger partial charge in [-0.1, -0.05) is 222 Å². The molecule has 0 aromatic heterocycles. The third-order valence-corrected chi connectivity index (χ3v) is 19.7. The molecule has 9 aromatic rings. The van der Waals surface area contributed by atoms with Crippen LogP contribution in [0.5, 0.6) is 0 Å². The van der Waals surface area contributed by atoms with E-state index in [2.05, 4.69) is 288 Å². The van der Waals surface area contributed by atoms with Crippen molar-refractivity contribution in [1.29, 1.82) is 0 Å². The van der Waals surface area contributed by atoms with E-state index < -0.39 is 0 Å². The summed E-state index contributed by atoms with van der Waals surface area (Å²) in [5, 5.41) is 0. The number of anilines is 6. The zero-order valence-corrected chi connectivity index (χ0v) is 50.5. The average molecular weight is 1060 g/mol. The van der Waals surface area contributed by atoms with E-state index in [0.717, 1.165) is 32.1 Å². The molecule has 0 N–H and O–H groups in total. The van der Waals surface area contributed by atoms with Crippen LogP contribution in [-0.4, -0.2) is 6.71 Å². The molecule has 0 fully saturated rings. The van der Waals surface area contributed by atoms with Gasteiger partial charge in [-0.25, -0.2) is 0 Å². The minimum Gasteiger partial charge on any atom is -0.311 e. The minimum absolute atomic E-state index is 0.00452. The maximum absolute atomic E-state index is 2.74. The molecule has 0 spiro atoms. The van der Waals surface area contributed by atoms with Gasteiger partial charge in [0, 0.05) is 39.9 Å². The van der Waals surface area contributed by atoms with Crippen molar-refractivity contribution in [2.75, 3.05) is 9.80 Å². The van der Waals surface area contributed by atoms with Crippen LogP contribution in [-0.2, 0) is 33.5 Å². The maximum Gasteiger partial charge on any atom is 0.252 e. The summed E-state index contributed by atoms with van der Waals surface area (Å²) in [6, 6.07) is 73.5. The molecule has 406 valence electrons. The summed E-state index contributed by atoms with van der Waals surface area (Å²) < 4.78 is 0. The molecule has 0 saturated heterocycles. The molecule has 2 heterocycles. The summed E-state index contributed by atoms with van der Waals surface area (Å²) >= 11 is 0. The Hall–Kier alpha value is -7.36. The van der Waals surface area contributed by atoms with Crippen LogP contribution in [0.3, 0.4) is 0 Å². The van der Waals surface area contributed by atoms with E-state index in [9.17, 15) is 0 Å². The average Bonchev–Trinajstić information content (AvgIpc) is 2.86. The lowest BCUT2D eigenvalue weighted by atomic mass is 9.33. The molecule has 2 aliphatic heterocycles. The third-order valence-electron chi connectivity index (χ3n) is 19.7. The molecule has 81 heavy (non-hydrogen) atoms. The fraction of sp³-hybridized carbons (Fsp3) is 0.308. The molecular weight excluding hydrogens is 976 g/mol. The van der Waals surface area contributed by atoms with E-state index in [1.54, 1.807) is 0 Å². The van der Waals surface area contributed by atoms with Crippen molar-refractivity contribution in [3.05, 3.63) is 244 Å². The van der Waals surface area contributed by atoms with E-state index in [4.69, 9.17) is 0 Å². The molecule has 0 radical (unpaired) electrons. The Morgan fingerprint density at radius 2 is 1.04 bits per heavy atom. The van der Waals surface area contributed by atoms with Crippen LogP contribution in [0.25, 0.3) is 22.3 Å². The quantitative estimate of drug-likeness (QED) is 0.133. The number of fused-ring (bicyclic) bond motifs is 6. The van der Waals surface area contributed by atoms with Gasteiger partial charge in [-0.3, -0.25) is 0 Å². The zero-order valence-electron chi connectivity index (χ0n) is 50.5. The van der Waals surface area contributed by atoms with Gasteiger partial charge in [0.1, 0.15) is 0 Å². The van der Waals surface area contributed by atoms with Crippen LogP contribution in [0.15, 0.2) is 188 Å². The second-order valence-electron chi connectivity index (χ2n) is 28.4. The van der Waals surface area contributed by atoms with Crippen molar-refractivity contribution >= 4 is 57.2 Å². The van der Waals surface area contributed by atoms with Crippen LogP contribution in [0.1, 0.15) is 163 Å². The molecular formula is C78H81BN2. The van der Waals surface area contributed by atoms with Gasteiger partial charge in [0.25, 0.3) is 6.71 Å². The molecule has 2 nitrogen and oxygen atoms in total. The highest BCUT2D eigenvalue weighted by atomic mass is 15.2. The third kappa shape index (κ3) is 9.01. The van der Waals surface area contributed by atoms with Crippen molar-refractivity contribution in [3.8, 4) is 22.3 Å². The highest BCUT2D eigenvalue weighted by molar-refractivity contribution is 7.00. The summed E-state index contributed by atoms with van der Waals surface area (Å²) in [5.41, 5.74) is 30.7. The first-order chi connectivity index (χ1) is 38.6. The van der Waals surface area contributed by atoms with Crippen LogP contribution in [0.4, 0.5) is 34.1 Å². The number of aryl methyl sites for hydroxylation is 3. The largest absolute Gasteiger partial charge is 0.311 e. The number of rotatable bonds is 9. The molecule has 0 amide bonds. The van der Waals surface area contributed by atoms with Crippen molar-refractivity contribution in [3.63, 3.8) is 0 Å². The van der Waals surface area contributed by atoms with E-state index in [1.165, 1.54) is 128 Å². The lowest BCUT2D eigenvalue weighted by Gasteiger charge is -2.48. The molecule has 1 atom stereocenters. The van der Waals surface area contributed by atoms with E-state index in [1.807, 2.05) is 0 Å². The van der Waals surface area contributed by atoms with Gasteiger partial charge < -0.3 is 9.80 Å². The Morgan fingerprint density at radius 3 is 1.72 bits per heavy atom. The van der Waals surface area contributed by atoms with Crippen molar-refractivity contribution in [2.24, 2.45) is 0 Å². The number of hydrogen-bond acceptors (Lipinski definition) is 2. The molecule has 3 heteroatoms. The summed E-state index contributed by atoms with van der Waals surface area (Å²) in [6.07, 6.45) is 5.43. The predicted octanol–water partition coefficient (Wildman–Crippen LogP) is 19.1. The normalized spacial score (nSPS) is 17.2. The van der Waals surface area contributed by atoms with Crippen molar-refractivity contribution in [2.45, 2.75) is 155 Å². The molecule has 1 unspecified atom stereocenters. The van der Waals surface area contributed by atoms with Gasteiger partial charge in [-0.2, -0.15) is 0 Å². The fourth-order valence-corrected chi connectivity index (χ4v) is 15.4. The van der Waals surface area contributed by atoms with Crippen LogP contribution in [0, 0.1) is 13.8 Å². The predicted molar refractivity (Wildman–Crippen MR) is 349 cm³/mol.